The Morgan fingerprint density at radius 1 is 1.33 bits per heavy atom. The zero-order chi connectivity index (χ0) is 13.1. The maximum Gasteiger partial charge on any atom is 0.0726 e. The van der Waals surface area contributed by atoms with Crippen molar-refractivity contribution in [1.29, 1.82) is 0 Å². The molecule has 4 heteroatoms. The first-order valence-corrected chi connectivity index (χ1v) is 7.23. The molecule has 18 heavy (non-hydrogen) atoms. The highest BCUT2D eigenvalue weighted by molar-refractivity contribution is 9.10. The zero-order valence-electron chi connectivity index (χ0n) is 11.2. The number of ether oxygens (including phenoxy) is 1. The first kappa shape index (κ1) is 13.8. The van der Waals surface area contributed by atoms with Crippen LogP contribution in [0.2, 0.25) is 0 Å². The summed E-state index contributed by atoms with van der Waals surface area (Å²) in [7, 11) is 1.96. The molecular formula is C14H21BrN2O. The molecule has 2 rings (SSSR count). The van der Waals surface area contributed by atoms with Crippen LogP contribution in [0.15, 0.2) is 22.7 Å². The summed E-state index contributed by atoms with van der Waals surface area (Å²) in [6.07, 6.45) is 0.592. The van der Waals surface area contributed by atoms with Crippen LogP contribution >= 0.6 is 15.9 Å². The standard InChI is InChI=1S/C14H21BrN2O/c1-10-8-17(9-11(2)18-10)13-5-4-12(7-16-3)14(15)6-13/h4-6,10-11,16H,7-9H2,1-3H3. The first-order chi connectivity index (χ1) is 8.60. The molecule has 0 bridgehead atoms. The molecule has 1 aliphatic heterocycles. The van der Waals surface area contributed by atoms with Crippen molar-refractivity contribution in [3.8, 4) is 0 Å². The molecule has 1 aromatic carbocycles. The van der Waals surface area contributed by atoms with Gasteiger partial charge in [0.15, 0.2) is 0 Å². The molecule has 1 heterocycles. The molecule has 3 nitrogen and oxygen atoms in total. The van der Waals surface area contributed by atoms with Gasteiger partial charge < -0.3 is 15.0 Å². The topological polar surface area (TPSA) is 24.5 Å². The Labute approximate surface area is 118 Å². The molecule has 1 fully saturated rings. The Morgan fingerprint density at radius 3 is 2.56 bits per heavy atom. The van der Waals surface area contributed by atoms with Crippen LogP contribution in [0.3, 0.4) is 0 Å². The van der Waals surface area contributed by atoms with Crippen molar-refractivity contribution in [3.63, 3.8) is 0 Å². The highest BCUT2D eigenvalue weighted by Crippen LogP contribution is 2.26. The van der Waals surface area contributed by atoms with Gasteiger partial charge in [-0.15, -0.1) is 0 Å². The number of rotatable bonds is 3. The van der Waals surface area contributed by atoms with Crippen molar-refractivity contribution in [2.24, 2.45) is 0 Å². The summed E-state index contributed by atoms with van der Waals surface area (Å²) in [4.78, 5) is 2.40. The molecule has 2 atom stereocenters. The van der Waals surface area contributed by atoms with E-state index in [-0.39, 0.29) is 0 Å². The van der Waals surface area contributed by atoms with Crippen LogP contribution in [0.25, 0.3) is 0 Å². The van der Waals surface area contributed by atoms with E-state index < -0.39 is 0 Å². The van der Waals surface area contributed by atoms with Crippen molar-refractivity contribution in [1.82, 2.24) is 5.32 Å². The predicted molar refractivity (Wildman–Crippen MR) is 79.1 cm³/mol. The van der Waals surface area contributed by atoms with Crippen LogP contribution in [0.5, 0.6) is 0 Å². The van der Waals surface area contributed by atoms with E-state index in [1.807, 2.05) is 7.05 Å². The Morgan fingerprint density at radius 2 is 2.00 bits per heavy atom. The fourth-order valence-corrected chi connectivity index (χ4v) is 2.96. The van der Waals surface area contributed by atoms with Crippen molar-refractivity contribution >= 4 is 21.6 Å². The van der Waals surface area contributed by atoms with Gasteiger partial charge in [-0.2, -0.15) is 0 Å². The van der Waals surface area contributed by atoms with Gasteiger partial charge in [-0.25, -0.2) is 0 Å². The van der Waals surface area contributed by atoms with Gasteiger partial charge in [0, 0.05) is 29.8 Å². The molecule has 0 saturated carbocycles. The van der Waals surface area contributed by atoms with Crippen LogP contribution in [-0.4, -0.2) is 32.3 Å². The van der Waals surface area contributed by atoms with E-state index in [1.165, 1.54) is 15.7 Å². The molecule has 1 saturated heterocycles. The summed E-state index contributed by atoms with van der Waals surface area (Å²) in [6.45, 7) is 7.07. The lowest BCUT2D eigenvalue weighted by molar-refractivity contribution is -0.00521. The third-order valence-electron chi connectivity index (χ3n) is 3.19. The second-order valence-electron chi connectivity index (χ2n) is 4.97. The Kier molecular flexibility index (Phi) is 4.65. The van der Waals surface area contributed by atoms with Crippen LogP contribution in [-0.2, 0) is 11.3 Å². The van der Waals surface area contributed by atoms with E-state index >= 15 is 0 Å². The summed E-state index contributed by atoms with van der Waals surface area (Å²) < 4.78 is 6.93. The third-order valence-corrected chi connectivity index (χ3v) is 3.93. The lowest BCUT2D eigenvalue weighted by Gasteiger charge is -2.37. The number of hydrogen-bond acceptors (Lipinski definition) is 3. The molecule has 0 aliphatic carbocycles. The van der Waals surface area contributed by atoms with Crippen molar-refractivity contribution in [2.45, 2.75) is 32.6 Å². The summed E-state index contributed by atoms with van der Waals surface area (Å²) in [5.74, 6) is 0. The lowest BCUT2D eigenvalue weighted by Crippen LogP contribution is -2.45. The number of halogens is 1. The number of nitrogens with zero attached hydrogens (tertiary/aromatic N) is 1. The molecule has 0 radical (unpaired) electrons. The number of anilines is 1. The van der Waals surface area contributed by atoms with Crippen molar-refractivity contribution in [2.75, 3.05) is 25.0 Å². The quantitative estimate of drug-likeness (QED) is 0.929. The highest BCUT2D eigenvalue weighted by atomic mass is 79.9. The Hall–Kier alpha value is -0.580. The molecule has 100 valence electrons. The minimum Gasteiger partial charge on any atom is -0.372 e. The van der Waals surface area contributed by atoms with Gasteiger partial charge in [0.1, 0.15) is 0 Å². The second-order valence-corrected chi connectivity index (χ2v) is 5.82. The van der Waals surface area contributed by atoms with E-state index in [2.05, 4.69) is 58.2 Å². The van der Waals surface area contributed by atoms with Crippen LogP contribution < -0.4 is 10.2 Å². The van der Waals surface area contributed by atoms with E-state index in [0.29, 0.717) is 12.2 Å². The van der Waals surface area contributed by atoms with Gasteiger partial charge in [0.2, 0.25) is 0 Å². The molecule has 0 spiro atoms. The number of nitrogens with one attached hydrogen (secondary N) is 1. The molecule has 1 aromatic rings. The average molecular weight is 313 g/mol. The normalized spacial score (nSPS) is 24.3. The lowest BCUT2D eigenvalue weighted by atomic mass is 10.1. The van der Waals surface area contributed by atoms with E-state index in [1.54, 1.807) is 0 Å². The molecular weight excluding hydrogens is 292 g/mol. The van der Waals surface area contributed by atoms with Gasteiger partial charge in [0.25, 0.3) is 0 Å². The van der Waals surface area contributed by atoms with Gasteiger partial charge >= 0.3 is 0 Å². The van der Waals surface area contributed by atoms with E-state index in [0.717, 1.165) is 19.6 Å². The minimum absolute atomic E-state index is 0.296. The number of benzene rings is 1. The number of hydrogen-bond donors (Lipinski definition) is 1. The first-order valence-electron chi connectivity index (χ1n) is 6.43. The zero-order valence-corrected chi connectivity index (χ0v) is 12.8. The highest BCUT2D eigenvalue weighted by Gasteiger charge is 2.22. The maximum atomic E-state index is 5.77. The predicted octanol–water partition coefficient (Wildman–Crippen LogP) is 2.78. The van der Waals surface area contributed by atoms with Crippen molar-refractivity contribution < 1.29 is 4.74 Å². The summed E-state index contributed by atoms with van der Waals surface area (Å²) >= 11 is 3.65. The molecule has 1 aliphatic rings. The van der Waals surface area contributed by atoms with Gasteiger partial charge in [0.05, 0.1) is 12.2 Å². The Bertz CT molecular complexity index is 401. The fourth-order valence-electron chi connectivity index (χ4n) is 2.46. The molecule has 1 N–H and O–H groups in total. The summed E-state index contributed by atoms with van der Waals surface area (Å²) in [6, 6.07) is 6.58. The SMILES string of the molecule is CNCc1ccc(N2CC(C)OC(C)C2)cc1Br. The van der Waals surface area contributed by atoms with Crippen LogP contribution in [0.4, 0.5) is 5.69 Å². The van der Waals surface area contributed by atoms with Crippen LogP contribution in [0, 0.1) is 0 Å². The minimum atomic E-state index is 0.296. The maximum absolute atomic E-state index is 5.77. The molecule has 0 amide bonds. The number of morpholine rings is 1. The van der Waals surface area contributed by atoms with Crippen molar-refractivity contribution in [3.05, 3.63) is 28.2 Å². The molecule has 0 aromatic heterocycles. The fraction of sp³-hybridized carbons (Fsp3) is 0.571. The smallest absolute Gasteiger partial charge is 0.0726 e. The third kappa shape index (κ3) is 3.25. The summed E-state index contributed by atoms with van der Waals surface area (Å²) in [5, 5.41) is 3.17. The monoisotopic (exact) mass is 312 g/mol. The van der Waals surface area contributed by atoms with Gasteiger partial charge in [-0.05, 0) is 38.6 Å². The Balaban J connectivity index is 2.15. The van der Waals surface area contributed by atoms with E-state index in [9.17, 15) is 0 Å². The largest absolute Gasteiger partial charge is 0.372 e. The summed E-state index contributed by atoms with van der Waals surface area (Å²) in [5.41, 5.74) is 2.55. The van der Waals surface area contributed by atoms with Gasteiger partial charge in [-0.1, -0.05) is 22.0 Å². The average Bonchev–Trinajstić information content (AvgIpc) is 2.30. The molecule has 2 unspecified atom stereocenters. The van der Waals surface area contributed by atoms with Crippen LogP contribution in [0.1, 0.15) is 19.4 Å². The second kappa shape index (κ2) is 6.04. The van der Waals surface area contributed by atoms with E-state index in [4.69, 9.17) is 4.74 Å². The van der Waals surface area contributed by atoms with Gasteiger partial charge in [-0.3, -0.25) is 0 Å².